The van der Waals surface area contributed by atoms with Gasteiger partial charge in [-0.2, -0.15) is 4.98 Å². The number of benzene rings is 1. The van der Waals surface area contributed by atoms with Crippen LogP contribution in [-0.4, -0.2) is 34.8 Å². The quantitative estimate of drug-likeness (QED) is 0.686. The molecule has 0 spiro atoms. The van der Waals surface area contributed by atoms with Crippen molar-refractivity contribution in [2.75, 3.05) is 23.8 Å². The van der Waals surface area contributed by atoms with Gasteiger partial charge < -0.3 is 20.1 Å². The van der Waals surface area contributed by atoms with E-state index >= 15 is 0 Å². The van der Waals surface area contributed by atoms with E-state index in [1.807, 2.05) is 24.3 Å². The fraction of sp³-hybridized carbons (Fsp3) is 0.524. The number of fused-ring (bicyclic) bond motifs is 6. The average molecular weight is 386 g/mol. The molecule has 1 aromatic heterocycles. The summed E-state index contributed by atoms with van der Waals surface area (Å²) in [6.45, 7) is 3.51. The SMILES string of the molecule is CC12CCCC(C1)Nc1nc(ncc1F)Nc1cccc(c1)OCCCCO2. The molecule has 2 N–H and O–H groups in total. The number of nitrogens with zero attached hydrogens (tertiary/aromatic N) is 2. The first-order valence-electron chi connectivity index (χ1n) is 10.0. The summed E-state index contributed by atoms with van der Waals surface area (Å²) in [5.74, 6) is 0.899. The summed E-state index contributed by atoms with van der Waals surface area (Å²) >= 11 is 0. The van der Waals surface area contributed by atoms with Crippen molar-refractivity contribution in [1.29, 1.82) is 0 Å². The summed E-state index contributed by atoms with van der Waals surface area (Å²) in [6, 6.07) is 7.74. The van der Waals surface area contributed by atoms with Crippen LogP contribution in [0.15, 0.2) is 30.5 Å². The van der Waals surface area contributed by atoms with Crippen LogP contribution in [-0.2, 0) is 4.74 Å². The summed E-state index contributed by atoms with van der Waals surface area (Å²) < 4.78 is 26.4. The highest BCUT2D eigenvalue weighted by Gasteiger charge is 2.33. The van der Waals surface area contributed by atoms with Crippen LogP contribution in [0.2, 0.25) is 0 Å². The van der Waals surface area contributed by atoms with E-state index in [0.717, 1.165) is 50.0 Å². The maximum Gasteiger partial charge on any atom is 0.229 e. The fourth-order valence-electron chi connectivity index (χ4n) is 3.93. The molecule has 2 aliphatic rings. The zero-order valence-corrected chi connectivity index (χ0v) is 16.2. The molecule has 6 nitrogen and oxygen atoms in total. The van der Waals surface area contributed by atoms with Crippen LogP contribution in [0.1, 0.15) is 45.4 Å². The highest BCUT2D eigenvalue weighted by molar-refractivity contribution is 5.57. The van der Waals surface area contributed by atoms with Crippen LogP contribution in [0.5, 0.6) is 5.75 Å². The lowest BCUT2D eigenvalue weighted by Crippen LogP contribution is -2.41. The molecule has 0 amide bonds. The van der Waals surface area contributed by atoms with Crippen LogP contribution in [0.25, 0.3) is 0 Å². The molecule has 1 saturated carbocycles. The van der Waals surface area contributed by atoms with Crippen molar-refractivity contribution in [3.63, 3.8) is 0 Å². The van der Waals surface area contributed by atoms with E-state index in [0.29, 0.717) is 19.2 Å². The highest BCUT2D eigenvalue weighted by Crippen LogP contribution is 2.33. The standard InChI is InChI=1S/C21H27FN4O2/c1-21-9-5-7-16(13-21)24-19-18(22)14-23-20(26-19)25-15-6-4-8-17(12-15)27-10-2-3-11-28-21/h4,6,8,12,14,16H,2-3,5,7,9-11,13H2,1H3,(H2,23,24,25,26). The largest absolute Gasteiger partial charge is 0.494 e. The fourth-order valence-corrected chi connectivity index (χ4v) is 3.93. The number of rotatable bonds is 0. The summed E-state index contributed by atoms with van der Waals surface area (Å²) in [5, 5.41) is 6.41. The molecule has 150 valence electrons. The molecule has 1 aliphatic heterocycles. The second-order valence-corrected chi connectivity index (χ2v) is 7.83. The van der Waals surface area contributed by atoms with Gasteiger partial charge in [-0.15, -0.1) is 0 Å². The molecule has 1 aromatic carbocycles. The minimum atomic E-state index is -0.450. The van der Waals surface area contributed by atoms with E-state index < -0.39 is 5.82 Å². The molecule has 7 heteroatoms. The van der Waals surface area contributed by atoms with Gasteiger partial charge in [-0.25, -0.2) is 9.37 Å². The molecule has 0 radical (unpaired) electrons. The zero-order valence-electron chi connectivity index (χ0n) is 16.2. The van der Waals surface area contributed by atoms with Gasteiger partial charge in [0, 0.05) is 24.4 Å². The van der Waals surface area contributed by atoms with E-state index in [-0.39, 0.29) is 17.5 Å². The Balaban J connectivity index is 1.60. The molecule has 2 heterocycles. The number of hydrogen-bond donors (Lipinski definition) is 2. The van der Waals surface area contributed by atoms with Crippen molar-refractivity contribution in [1.82, 2.24) is 9.97 Å². The lowest BCUT2D eigenvalue weighted by molar-refractivity contribution is -0.0604. The summed E-state index contributed by atoms with van der Waals surface area (Å²) in [6.07, 6.45) is 6.95. The summed E-state index contributed by atoms with van der Waals surface area (Å²) in [5.41, 5.74) is 0.607. The van der Waals surface area contributed by atoms with Crippen LogP contribution in [0.4, 0.5) is 21.8 Å². The maximum atomic E-state index is 14.3. The van der Waals surface area contributed by atoms with E-state index in [9.17, 15) is 4.39 Å². The molecular formula is C21H27FN4O2. The van der Waals surface area contributed by atoms with Gasteiger partial charge in [0.05, 0.1) is 18.4 Å². The van der Waals surface area contributed by atoms with Gasteiger partial charge in [0.1, 0.15) is 5.75 Å². The second kappa shape index (κ2) is 8.31. The molecule has 1 aliphatic carbocycles. The molecule has 2 unspecified atom stereocenters. The van der Waals surface area contributed by atoms with Gasteiger partial charge in [0.2, 0.25) is 5.95 Å². The summed E-state index contributed by atoms with van der Waals surface area (Å²) in [7, 11) is 0. The minimum absolute atomic E-state index is 0.123. The molecule has 28 heavy (non-hydrogen) atoms. The Kier molecular flexibility index (Phi) is 5.62. The van der Waals surface area contributed by atoms with Gasteiger partial charge in [-0.1, -0.05) is 6.07 Å². The van der Waals surface area contributed by atoms with Crippen molar-refractivity contribution in [3.8, 4) is 5.75 Å². The Bertz CT molecular complexity index is 819. The predicted molar refractivity (Wildman–Crippen MR) is 107 cm³/mol. The molecule has 0 saturated heterocycles. The van der Waals surface area contributed by atoms with E-state index in [2.05, 4.69) is 27.5 Å². The number of aromatic nitrogens is 2. The molecule has 1 fully saturated rings. The number of halogens is 1. The monoisotopic (exact) mass is 386 g/mol. The molecule has 2 atom stereocenters. The van der Waals surface area contributed by atoms with Crippen molar-refractivity contribution in [2.24, 2.45) is 0 Å². The van der Waals surface area contributed by atoms with Crippen LogP contribution < -0.4 is 15.4 Å². The van der Waals surface area contributed by atoms with Gasteiger partial charge in [0.25, 0.3) is 0 Å². The predicted octanol–water partition coefficient (Wildman–Crippen LogP) is 4.66. The Morgan fingerprint density at radius 3 is 3.04 bits per heavy atom. The first-order valence-corrected chi connectivity index (χ1v) is 10.0. The number of nitrogens with one attached hydrogen (secondary N) is 2. The smallest absolute Gasteiger partial charge is 0.229 e. The van der Waals surface area contributed by atoms with Crippen LogP contribution in [0, 0.1) is 5.82 Å². The molecule has 4 rings (SSSR count). The number of ether oxygens (including phenoxy) is 2. The van der Waals surface area contributed by atoms with Gasteiger partial charge in [0.15, 0.2) is 11.6 Å². The van der Waals surface area contributed by atoms with Gasteiger partial charge in [-0.3, -0.25) is 0 Å². The lowest BCUT2D eigenvalue weighted by Gasteiger charge is -2.38. The average Bonchev–Trinajstić information content (AvgIpc) is 2.67. The van der Waals surface area contributed by atoms with Crippen molar-refractivity contribution in [2.45, 2.75) is 57.1 Å². The first-order chi connectivity index (χ1) is 13.6. The molecular weight excluding hydrogens is 359 g/mol. The third kappa shape index (κ3) is 4.70. The van der Waals surface area contributed by atoms with E-state index in [1.54, 1.807) is 0 Å². The third-order valence-corrected chi connectivity index (χ3v) is 5.37. The van der Waals surface area contributed by atoms with Crippen molar-refractivity contribution in [3.05, 3.63) is 36.3 Å². The second-order valence-electron chi connectivity index (χ2n) is 7.83. The minimum Gasteiger partial charge on any atom is -0.494 e. The van der Waals surface area contributed by atoms with Gasteiger partial charge in [-0.05, 0) is 57.6 Å². The third-order valence-electron chi connectivity index (χ3n) is 5.37. The normalized spacial score (nSPS) is 25.6. The molecule has 6 bridgehead atoms. The van der Waals surface area contributed by atoms with Crippen molar-refractivity contribution >= 4 is 17.5 Å². The number of hydrogen-bond acceptors (Lipinski definition) is 6. The van der Waals surface area contributed by atoms with Crippen LogP contribution in [0.3, 0.4) is 0 Å². The zero-order chi connectivity index (χ0) is 19.4. The van der Waals surface area contributed by atoms with E-state index in [1.165, 1.54) is 6.20 Å². The number of anilines is 3. The summed E-state index contributed by atoms with van der Waals surface area (Å²) in [4.78, 5) is 8.42. The Hall–Kier alpha value is -2.41. The van der Waals surface area contributed by atoms with Crippen LogP contribution >= 0.6 is 0 Å². The Morgan fingerprint density at radius 1 is 1.21 bits per heavy atom. The highest BCUT2D eigenvalue weighted by atomic mass is 19.1. The molecule has 2 aromatic rings. The van der Waals surface area contributed by atoms with E-state index in [4.69, 9.17) is 9.47 Å². The van der Waals surface area contributed by atoms with Gasteiger partial charge >= 0.3 is 0 Å². The lowest BCUT2D eigenvalue weighted by atomic mass is 9.83. The Morgan fingerprint density at radius 2 is 2.11 bits per heavy atom. The first kappa shape index (κ1) is 18.9. The van der Waals surface area contributed by atoms with Crippen molar-refractivity contribution < 1.29 is 13.9 Å². The maximum absolute atomic E-state index is 14.3. The Labute approximate surface area is 164 Å². The topological polar surface area (TPSA) is 68.3 Å².